The minimum atomic E-state index is -0.154. The number of aryl methyl sites for hydroxylation is 1. The lowest BCUT2D eigenvalue weighted by Crippen LogP contribution is -2.31. The van der Waals surface area contributed by atoms with Crippen molar-refractivity contribution in [2.45, 2.75) is 29.7 Å². The van der Waals surface area contributed by atoms with Crippen LogP contribution in [-0.2, 0) is 11.3 Å². The Labute approximate surface area is 192 Å². The van der Waals surface area contributed by atoms with Gasteiger partial charge in [-0.25, -0.2) is 0 Å². The molecule has 2 amide bonds. The molecule has 1 aliphatic heterocycles. The number of methoxy groups -OCH3 is 1. The molecular weight excluding hydrogens is 420 g/mol. The Balaban J connectivity index is 1.70. The summed E-state index contributed by atoms with van der Waals surface area (Å²) in [6.45, 7) is 3.61. The van der Waals surface area contributed by atoms with E-state index in [0.29, 0.717) is 30.8 Å². The van der Waals surface area contributed by atoms with Gasteiger partial charge in [-0.15, -0.1) is 0 Å². The van der Waals surface area contributed by atoms with E-state index in [-0.39, 0.29) is 11.8 Å². The van der Waals surface area contributed by atoms with Crippen LogP contribution < -0.4 is 10.2 Å². The van der Waals surface area contributed by atoms with Crippen molar-refractivity contribution in [1.82, 2.24) is 5.32 Å². The maximum Gasteiger partial charge on any atom is 0.259 e. The van der Waals surface area contributed by atoms with Gasteiger partial charge < -0.3 is 15.0 Å². The molecule has 0 saturated heterocycles. The quantitative estimate of drug-likeness (QED) is 0.515. The van der Waals surface area contributed by atoms with E-state index < -0.39 is 0 Å². The van der Waals surface area contributed by atoms with Gasteiger partial charge in [-0.3, -0.25) is 9.59 Å². The smallest absolute Gasteiger partial charge is 0.259 e. The van der Waals surface area contributed by atoms with Crippen LogP contribution >= 0.6 is 11.8 Å². The van der Waals surface area contributed by atoms with Gasteiger partial charge in [-0.05, 0) is 49.2 Å². The third-order valence-corrected chi connectivity index (χ3v) is 6.51. The second-order valence-electron chi connectivity index (χ2n) is 7.76. The summed E-state index contributed by atoms with van der Waals surface area (Å²) in [5.41, 5.74) is 4.17. The largest absolute Gasteiger partial charge is 0.385 e. The van der Waals surface area contributed by atoms with Crippen LogP contribution in [0.4, 0.5) is 5.69 Å². The molecule has 0 fully saturated rings. The van der Waals surface area contributed by atoms with Crippen molar-refractivity contribution in [1.29, 1.82) is 0 Å². The Kier molecular flexibility index (Phi) is 6.93. The molecule has 0 radical (unpaired) electrons. The van der Waals surface area contributed by atoms with E-state index in [4.69, 9.17) is 4.74 Å². The van der Waals surface area contributed by atoms with Gasteiger partial charge in [0.2, 0.25) is 0 Å². The predicted molar refractivity (Wildman–Crippen MR) is 128 cm³/mol. The molecule has 1 N–H and O–H groups in total. The van der Waals surface area contributed by atoms with Gasteiger partial charge in [-0.1, -0.05) is 53.7 Å². The molecule has 1 aliphatic rings. The van der Waals surface area contributed by atoms with Gasteiger partial charge in [-0.2, -0.15) is 0 Å². The highest BCUT2D eigenvalue weighted by Gasteiger charge is 2.28. The van der Waals surface area contributed by atoms with Crippen LogP contribution in [0.25, 0.3) is 0 Å². The first-order chi connectivity index (χ1) is 15.6. The standard InChI is InChI=1S/C26H26N2O3S/c1-18-8-10-19(11-9-18)17-28-22-16-20(25(29)27-14-5-15-31-2)12-13-24(22)32-23-7-4-3-6-21(23)26(28)30/h3-4,6-13,16H,5,14-15,17H2,1-2H3,(H,27,29). The predicted octanol–water partition coefficient (Wildman–Crippen LogP) is 5.07. The highest BCUT2D eigenvalue weighted by Crippen LogP contribution is 2.42. The van der Waals surface area contributed by atoms with E-state index in [0.717, 1.165) is 27.5 Å². The van der Waals surface area contributed by atoms with Crippen molar-refractivity contribution in [3.63, 3.8) is 0 Å². The molecule has 32 heavy (non-hydrogen) atoms. The summed E-state index contributed by atoms with van der Waals surface area (Å²) >= 11 is 1.56. The van der Waals surface area contributed by atoms with Gasteiger partial charge in [0.25, 0.3) is 11.8 Å². The van der Waals surface area contributed by atoms with E-state index in [2.05, 4.69) is 5.32 Å². The van der Waals surface area contributed by atoms with Crippen molar-refractivity contribution in [2.75, 3.05) is 25.2 Å². The van der Waals surface area contributed by atoms with Crippen molar-refractivity contribution in [3.05, 3.63) is 89.0 Å². The van der Waals surface area contributed by atoms with E-state index in [9.17, 15) is 9.59 Å². The zero-order valence-corrected chi connectivity index (χ0v) is 19.1. The van der Waals surface area contributed by atoms with E-state index in [1.807, 2.05) is 73.7 Å². The zero-order chi connectivity index (χ0) is 22.5. The van der Waals surface area contributed by atoms with Crippen LogP contribution in [0.15, 0.2) is 76.5 Å². The lowest BCUT2D eigenvalue weighted by atomic mass is 10.1. The first-order valence-electron chi connectivity index (χ1n) is 10.6. The number of carbonyl (C=O) groups excluding carboxylic acids is 2. The number of nitrogens with zero attached hydrogens (tertiary/aromatic N) is 1. The number of amides is 2. The number of hydrogen-bond donors (Lipinski definition) is 1. The molecule has 3 aromatic carbocycles. The molecule has 0 spiro atoms. The fourth-order valence-corrected chi connectivity index (χ4v) is 4.67. The Hall–Kier alpha value is -3.09. The number of rotatable bonds is 7. The fraction of sp³-hybridized carbons (Fsp3) is 0.231. The molecule has 0 unspecified atom stereocenters. The second kappa shape index (κ2) is 10.0. The van der Waals surface area contributed by atoms with Gasteiger partial charge in [0, 0.05) is 35.6 Å². The van der Waals surface area contributed by atoms with E-state index in [1.54, 1.807) is 23.8 Å². The molecule has 0 aromatic heterocycles. The number of carbonyl (C=O) groups is 2. The van der Waals surface area contributed by atoms with Crippen molar-refractivity contribution in [2.24, 2.45) is 0 Å². The first kappa shape index (κ1) is 22.1. The minimum absolute atomic E-state index is 0.0647. The zero-order valence-electron chi connectivity index (χ0n) is 18.3. The number of benzene rings is 3. The van der Waals surface area contributed by atoms with Crippen LogP contribution in [0.1, 0.15) is 38.3 Å². The third-order valence-electron chi connectivity index (χ3n) is 5.37. The number of hydrogen-bond acceptors (Lipinski definition) is 4. The molecule has 0 aliphatic carbocycles. The van der Waals surface area contributed by atoms with Gasteiger partial charge in [0.15, 0.2) is 0 Å². The summed E-state index contributed by atoms with van der Waals surface area (Å²) in [7, 11) is 1.64. The fourth-order valence-electron chi connectivity index (χ4n) is 3.61. The Morgan fingerprint density at radius 2 is 1.81 bits per heavy atom. The highest BCUT2D eigenvalue weighted by molar-refractivity contribution is 7.99. The number of nitrogens with one attached hydrogen (secondary N) is 1. The SMILES string of the molecule is COCCCNC(=O)c1ccc2c(c1)N(Cc1ccc(C)cc1)C(=O)c1ccccc1S2. The Bertz CT molecular complexity index is 1130. The number of fused-ring (bicyclic) bond motifs is 2. The Morgan fingerprint density at radius 1 is 1.03 bits per heavy atom. The third kappa shape index (κ3) is 4.87. The van der Waals surface area contributed by atoms with E-state index in [1.165, 1.54) is 5.56 Å². The molecule has 0 bridgehead atoms. The minimum Gasteiger partial charge on any atom is -0.385 e. The summed E-state index contributed by atoms with van der Waals surface area (Å²) in [4.78, 5) is 30.0. The molecule has 1 heterocycles. The van der Waals surface area contributed by atoms with E-state index >= 15 is 0 Å². The summed E-state index contributed by atoms with van der Waals surface area (Å²) < 4.78 is 5.04. The van der Waals surface area contributed by atoms with Crippen LogP contribution in [-0.4, -0.2) is 32.1 Å². The lowest BCUT2D eigenvalue weighted by Gasteiger charge is -2.24. The summed E-state index contributed by atoms with van der Waals surface area (Å²) in [6, 6.07) is 21.4. The van der Waals surface area contributed by atoms with Gasteiger partial charge >= 0.3 is 0 Å². The normalized spacial score (nSPS) is 12.7. The average Bonchev–Trinajstić information content (AvgIpc) is 2.92. The van der Waals surface area contributed by atoms with Crippen LogP contribution in [0.3, 0.4) is 0 Å². The summed E-state index contributed by atoms with van der Waals surface area (Å²) in [6.07, 6.45) is 0.746. The monoisotopic (exact) mass is 446 g/mol. The first-order valence-corrected chi connectivity index (χ1v) is 11.4. The van der Waals surface area contributed by atoms with Crippen molar-refractivity contribution >= 4 is 29.3 Å². The second-order valence-corrected chi connectivity index (χ2v) is 8.84. The average molecular weight is 447 g/mol. The number of ether oxygens (including phenoxy) is 1. The Morgan fingerprint density at radius 3 is 2.59 bits per heavy atom. The van der Waals surface area contributed by atoms with Gasteiger partial charge in [0.1, 0.15) is 0 Å². The van der Waals surface area contributed by atoms with Crippen LogP contribution in [0.2, 0.25) is 0 Å². The molecular formula is C26H26N2O3S. The van der Waals surface area contributed by atoms with Crippen LogP contribution in [0, 0.1) is 6.92 Å². The highest BCUT2D eigenvalue weighted by atomic mass is 32.2. The molecule has 6 heteroatoms. The van der Waals surface area contributed by atoms with Crippen LogP contribution in [0.5, 0.6) is 0 Å². The number of anilines is 1. The molecule has 4 rings (SSSR count). The molecule has 164 valence electrons. The molecule has 3 aromatic rings. The van der Waals surface area contributed by atoms with Gasteiger partial charge in [0.05, 0.1) is 17.8 Å². The van der Waals surface area contributed by atoms with Crippen molar-refractivity contribution < 1.29 is 14.3 Å². The maximum atomic E-state index is 13.6. The maximum absolute atomic E-state index is 13.6. The molecule has 0 saturated carbocycles. The summed E-state index contributed by atoms with van der Waals surface area (Å²) in [5, 5.41) is 2.93. The molecule has 5 nitrogen and oxygen atoms in total. The van der Waals surface area contributed by atoms with Crippen molar-refractivity contribution in [3.8, 4) is 0 Å². The summed E-state index contributed by atoms with van der Waals surface area (Å²) in [5.74, 6) is -0.219. The molecule has 0 atom stereocenters. The lowest BCUT2D eigenvalue weighted by molar-refractivity contribution is 0.0945. The topological polar surface area (TPSA) is 58.6 Å².